The largest absolute Gasteiger partial charge is 0.488 e. The molecule has 214 valence electrons. The van der Waals surface area contributed by atoms with E-state index >= 15 is 0 Å². The standard InChI is InChI=1S/C38H39NO3/c1-38(2,3)35-23-18-32(19-24-35)27-42-36-8-6-5-7-33(36)20-15-29(12-9-28-10-13-31(26-39)14-11-28)25-30-16-21-34(22-17-30)37(40)41-4/h5-8,10-11,13-24,29H,9,12,25,27H2,1-4H3. The third kappa shape index (κ3) is 8.69. The Kier molecular flexibility index (Phi) is 10.3. The molecule has 0 bridgehead atoms. The van der Waals surface area contributed by atoms with Crippen LogP contribution in [0.3, 0.4) is 0 Å². The number of hydrogen-bond acceptors (Lipinski definition) is 4. The normalized spacial score (nSPS) is 12.1. The molecule has 1 unspecified atom stereocenters. The molecule has 1 atom stereocenters. The number of para-hydroxylation sites is 1. The number of aryl methyl sites for hydroxylation is 1. The van der Waals surface area contributed by atoms with Gasteiger partial charge in [-0.25, -0.2) is 4.79 Å². The van der Waals surface area contributed by atoms with Gasteiger partial charge in [0.25, 0.3) is 0 Å². The van der Waals surface area contributed by atoms with Crippen LogP contribution in [0.4, 0.5) is 0 Å². The Morgan fingerprint density at radius 1 is 0.857 bits per heavy atom. The molecule has 4 aromatic carbocycles. The van der Waals surface area contributed by atoms with Crippen molar-refractivity contribution < 1.29 is 14.3 Å². The summed E-state index contributed by atoms with van der Waals surface area (Å²) in [6.07, 6.45) is 7.08. The number of carbonyl (C=O) groups excluding carboxylic acids is 1. The van der Waals surface area contributed by atoms with Crippen molar-refractivity contribution in [1.82, 2.24) is 0 Å². The second kappa shape index (κ2) is 14.3. The Balaban J connectivity index is 1.49. The number of rotatable bonds is 11. The first-order chi connectivity index (χ1) is 20.2. The zero-order valence-corrected chi connectivity index (χ0v) is 25.0. The van der Waals surface area contributed by atoms with E-state index in [4.69, 9.17) is 14.7 Å². The third-order valence-electron chi connectivity index (χ3n) is 7.44. The zero-order valence-electron chi connectivity index (χ0n) is 25.0. The molecule has 0 aliphatic heterocycles. The lowest BCUT2D eigenvalue weighted by Crippen LogP contribution is -2.10. The maximum absolute atomic E-state index is 11.9. The summed E-state index contributed by atoms with van der Waals surface area (Å²) in [5.74, 6) is 0.769. The van der Waals surface area contributed by atoms with E-state index in [1.807, 2.05) is 66.7 Å². The first-order valence-electron chi connectivity index (χ1n) is 14.4. The average molecular weight is 558 g/mol. The number of ether oxygens (including phenoxy) is 2. The van der Waals surface area contributed by atoms with Gasteiger partial charge in [-0.15, -0.1) is 0 Å². The van der Waals surface area contributed by atoms with Crippen molar-refractivity contribution >= 4 is 12.0 Å². The minimum Gasteiger partial charge on any atom is -0.488 e. The summed E-state index contributed by atoms with van der Waals surface area (Å²) in [4.78, 5) is 11.9. The Labute approximate surface area is 250 Å². The van der Waals surface area contributed by atoms with Crippen LogP contribution in [-0.2, 0) is 29.6 Å². The fraction of sp³-hybridized carbons (Fsp3) is 0.263. The molecule has 0 aliphatic carbocycles. The maximum atomic E-state index is 11.9. The van der Waals surface area contributed by atoms with E-state index in [0.29, 0.717) is 17.7 Å². The Hall–Kier alpha value is -4.62. The van der Waals surface area contributed by atoms with Gasteiger partial charge in [0.1, 0.15) is 12.4 Å². The van der Waals surface area contributed by atoms with Crippen LogP contribution in [0.25, 0.3) is 6.08 Å². The summed E-state index contributed by atoms with van der Waals surface area (Å²) in [5, 5.41) is 9.13. The van der Waals surface area contributed by atoms with Crippen molar-refractivity contribution in [2.45, 2.75) is 52.1 Å². The van der Waals surface area contributed by atoms with Gasteiger partial charge in [0, 0.05) is 5.56 Å². The molecule has 0 N–H and O–H groups in total. The van der Waals surface area contributed by atoms with Gasteiger partial charge < -0.3 is 9.47 Å². The van der Waals surface area contributed by atoms with Crippen molar-refractivity contribution in [1.29, 1.82) is 5.26 Å². The van der Waals surface area contributed by atoms with Gasteiger partial charge in [0.15, 0.2) is 0 Å². The molecule has 42 heavy (non-hydrogen) atoms. The number of allylic oxidation sites excluding steroid dienone is 1. The molecule has 0 aliphatic rings. The van der Waals surface area contributed by atoms with E-state index in [2.05, 4.69) is 69.3 Å². The number of hydrogen-bond donors (Lipinski definition) is 0. The van der Waals surface area contributed by atoms with Gasteiger partial charge in [0.2, 0.25) is 0 Å². The summed E-state index contributed by atoms with van der Waals surface area (Å²) in [5.41, 5.74) is 7.17. The van der Waals surface area contributed by atoms with E-state index in [1.165, 1.54) is 18.2 Å². The summed E-state index contributed by atoms with van der Waals surface area (Å²) in [6, 6.07) is 34.4. The smallest absolute Gasteiger partial charge is 0.337 e. The molecule has 0 fully saturated rings. The summed E-state index contributed by atoms with van der Waals surface area (Å²) in [6.45, 7) is 7.16. The fourth-order valence-corrected chi connectivity index (χ4v) is 4.81. The molecule has 4 rings (SSSR count). The van der Waals surface area contributed by atoms with Crippen LogP contribution in [0.2, 0.25) is 0 Å². The molecule has 0 heterocycles. The molecule has 0 saturated heterocycles. The highest BCUT2D eigenvalue weighted by Gasteiger charge is 2.13. The maximum Gasteiger partial charge on any atom is 0.337 e. The Morgan fingerprint density at radius 2 is 1.50 bits per heavy atom. The third-order valence-corrected chi connectivity index (χ3v) is 7.44. The monoisotopic (exact) mass is 557 g/mol. The molecule has 4 nitrogen and oxygen atoms in total. The van der Waals surface area contributed by atoms with Crippen molar-refractivity contribution in [2.75, 3.05) is 7.11 Å². The highest BCUT2D eigenvalue weighted by molar-refractivity contribution is 5.89. The molecule has 0 spiro atoms. The molecule has 0 saturated carbocycles. The van der Waals surface area contributed by atoms with Crippen LogP contribution >= 0.6 is 0 Å². The van der Waals surface area contributed by atoms with Crippen molar-refractivity contribution in [2.24, 2.45) is 5.92 Å². The molecular weight excluding hydrogens is 518 g/mol. The summed E-state index contributed by atoms with van der Waals surface area (Å²) >= 11 is 0. The highest BCUT2D eigenvalue weighted by atomic mass is 16.5. The molecular formula is C38H39NO3. The van der Waals surface area contributed by atoms with Crippen LogP contribution in [0.15, 0.2) is 103 Å². The fourth-order valence-electron chi connectivity index (χ4n) is 4.81. The highest BCUT2D eigenvalue weighted by Crippen LogP contribution is 2.26. The van der Waals surface area contributed by atoms with E-state index in [1.54, 1.807) is 0 Å². The Morgan fingerprint density at radius 3 is 2.14 bits per heavy atom. The van der Waals surface area contributed by atoms with Crippen LogP contribution in [0, 0.1) is 17.2 Å². The van der Waals surface area contributed by atoms with Crippen LogP contribution in [0.5, 0.6) is 5.75 Å². The van der Waals surface area contributed by atoms with Crippen LogP contribution in [0.1, 0.15) is 70.9 Å². The molecule has 0 radical (unpaired) electrons. The first-order valence-corrected chi connectivity index (χ1v) is 14.4. The minimum atomic E-state index is -0.333. The quantitative estimate of drug-likeness (QED) is 0.173. The lowest BCUT2D eigenvalue weighted by Gasteiger charge is -2.19. The van der Waals surface area contributed by atoms with Crippen LogP contribution < -0.4 is 4.74 Å². The number of nitriles is 1. The molecule has 0 aromatic heterocycles. The van der Waals surface area contributed by atoms with Crippen LogP contribution in [-0.4, -0.2) is 13.1 Å². The van der Waals surface area contributed by atoms with Crippen molar-refractivity contribution in [3.8, 4) is 11.8 Å². The number of nitrogens with zero attached hydrogens (tertiary/aromatic N) is 1. The van der Waals surface area contributed by atoms with Gasteiger partial charge in [-0.2, -0.15) is 5.26 Å². The SMILES string of the molecule is COC(=O)c1ccc(CC(C=Cc2ccccc2OCc2ccc(C(C)(C)C)cc2)CCc2ccc(C#N)cc2)cc1. The first kappa shape index (κ1) is 30.3. The summed E-state index contributed by atoms with van der Waals surface area (Å²) in [7, 11) is 1.39. The second-order valence-electron chi connectivity index (χ2n) is 11.6. The average Bonchev–Trinajstić information content (AvgIpc) is 3.01. The van der Waals surface area contributed by atoms with E-state index in [9.17, 15) is 4.79 Å². The van der Waals surface area contributed by atoms with Gasteiger partial charge >= 0.3 is 5.97 Å². The minimum absolute atomic E-state index is 0.122. The number of esters is 1. The lowest BCUT2D eigenvalue weighted by atomic mass is 9.87. The topological polar surface area (TPSA) is 59.3 Å². The number of methoxy groups -OCH3 is 1. The van der Waals surface area contributed by atoms with Crippen molar-refractivity contribution in [3.05, 3.63) is 142 Å². The molecule has 0 amide bonds. The predicted molar refractivity (Wildman–Crippen MR) is 169 cm³/mol. The number of carbonyl (C=O) groups is 1. The molecule has 4 aromatic rings. The van der Waals surface area contributed by atoms with Gasteiger partial charge in [-0.05, 0) is 83.2 Å². The van der Waals surface area contributed by atoms with Crippen molar-refractivity contribution in [3.63, 3.8) is 0 Å². The second-order valence-corrected chi connectivity index (χ2v) is 11.6. The number of benzene rings is 4. The summed E-state index contributed by atoms with van der Waals surface area (Å²) < 4.78 is 11.1. The molecule has 4 heteroatoms. The van der Waals surface area contributed by atoms with Gasteiger partial charge in [-0.3, -0.25) is 0 Å². The Bertz CT molecular complexity index is 1520. The lowest BCUT2D eigenvalue weighted by molar-refractivity contribution is 0.0600. The predicted octanol–water partition coefficient (Wildman–Crippen LogP) is 8.73. The van der Waals surface area contributed by atoms with E-state index in [0.717, 1.165) is 41.7 Å². The zero-order chi connectivity index (χ0) is 30.0. The van der Waals surface area contributed by atoms with E-state index in [-0.39, 0.29) is 17.3 Å². The van der Waals surface area contributed by atoms with Gasteiger partial charge in [-0.1, -0.05) is 99.7 Å². The van der Waals surface area contributed by atoms with E-state index < -0.39 is 0 Å². The van der Waals surface area contributed by atoms with Gasteiger partial charge in [0.05, 0.1) is 24.3 Å².